The molecule has 0 unspecified atom stereocenters. The Morgan fingerprint density at radius 3 is 2.79 bits per heavy atom. The number of carbonyl (C=O) groups excluding carboxylic acids is 1. The van der Waals surface area contributed by atoms with Gasteiger partial charge >= 0.3 is 6.09 Å². The quantitative estimate of drug-likeness (QED) is 0.764. The summed E-state index contributed by atoms with van der Waals surface area (Å²) in [6.45, 7) is 0.258. The van der Waals surface area contributed by atoms with E-state index < -0.39 is 12.2 Å². The summed E-state index contributed by atoms with van der Waals surface area (Å²) in [4.78, 5) is 11.6. The molecule has 1 fully saturated rings. The average molecular weight is 264 g/mol. The molecule has 1 saturated carbocycles. The zero-order chi connectivity index (χ0) is 13.7. The monoisotopic (exact) mass is 264 g/mol. The van der Waals surface area contributed by atoms with Gasteiger partial charge in [0, 0.05) is 12.1 Å². The van der Waals surface area contributed by atoms with Crippen LogP contribution in [-0.2, 0) is 11.3 Å². The first kappa shape index (κ1) is 13.8. The highest BCUT2D eigenvalue weighted by molar-refractivity contribution is 5.67. The number of ether oxygens (including phenoxy) is 1. The van der Waals surface area contributed by atoms with E-state index in [0.29, 0.717) is 12.8 Å². The van der Waals surface area contributed by atoms with Crippen LogP contribution in [0.3, 0.4) is 0 Å². The molecule has 104 valence electrons. The van der Waals surface area contributed by atoms with Crippen molar-refractivity contribution in [2.75, 3.05) is 0 Å². The zero-order valence-electron chi connectivity index (χ0n) is 10.8. The Morgan fingerprint density at radius 1 is 1.37 bits per heavy atom. The largest absolute Gasteiger partial charge is 0.445 e. The second kappa shape index (κ2) is 6.54. The van der Waals surface area contributed by atoms with Gasteiger partial charge < -0.3 is 20.9 Å². The van der Waals surface area contributed by atoms with Crippen LogP contribution < -0.4 is 11.1 Å². The summed E-state index contributed by atoms with van der Waals surface area (Å²) in [6.07, 6.45) is 1.04. The molecule has 19 heavy (non-hydrogen) atoms. The SMILES string of the molecule is N[C@H]1C[C@H](NC(=O)OCc2ccccc2)CC[C@@H]1O. The van der Waals surface area contributed by atoms with Crippen molar-refractivity contribution >= 4 is 6.09 Å². The Morgan fingerprint density at radius 2 is 2.11 bits per heavy atom. The van der Waals surface area contributed by atoms with Crippen LogP contribution >= 0.6 is 0 Å². The Bertz CT molecular complexity index is 410. The molecule has 5 nitrogen and oxygen atoms in total. The van der Waals surface area contributed by atoms with Gasteiger partial charge in [-0.3, -0.25) is 0 Å². The van der Waals surface area contributed by atoms with E-state index in [1.165, 1.54) is 0 Å². The molecule has 1 aliphatic rings. The number of aliphatic hydroxyl groups is 1. The summed E-state index contributed by atoms with van der Waals surface area (Å²) < 4.78 is 5.14. The molecule has 0 radical (unpaired) electrons. The third-order valence-corrected chi connectivity index (χ3v) is 3.40. The summed E-state index contributed by atoms with van der Waals surface area (Å²) in [5, 5.41) is 12.3. The number of alkyl carbamates (subject to hydrolysis) is 1. The van der Waals surface area contributed by atoms with Gasteiger partial charge in [0.1, 0.15) is 6.61 Å². The molecule has 4 N–H and O–H groups in total. The summed E-state index contributed by atoms with van der Waals surface area (Å²) in [5.41, 5.74) is 6.72. The first-order valence-electron chi connectivity index (χ1n) is 6.56. The lowest BCUT2D eigenvalue weighted by molar-refractivity contribution is 0.0881. The van der Waals surface area contributed by atoms with Crippen LogP contribution in [0.5, 0.6) is 0 Å². The molecule has 1 aromatic rings. The van der Waals surface area contributed by atoms with Crippen LogP contribution in [0.25, 0.3) is 0 Å². The molecule has 1 aromatic carbocycles. The van der Waals surface area contributed by atoms with Crippen molar-refractivity contribution in [2.45, 2.75) is 44.1 Å². The molecule has 0 saturated heterocycles. The third-order valence-electron chi connectivity index (χ3n) is 3.40. The van der Waals surface area contributed by atoms with Crippen molar-refractivity contribution in [1.82, 2.24) is 5.32 Å². The highest BCUT2D eigenvalue weighted by atomic mass is 16.5. The predicted molar refractivity (Wildman–Crippen MR) is 71.4 cm³/mol. The van der Waals surface area contributed by atoms with Gasteiger partial charge in [-0.2, -0.15) is 0 Å². The topological polar surface area (TPSA) is 84.6 Å². The number of nitrogens with one attached hydrogen (secondary N) is 1. The molecule has 5 heteroatoms. The van der Waals surface area contributed by atoms with Gasteiger partial charge in [-0.25, -0.2) is 4.79 Å². The van der Waals surface area contributed by atoms with Gasteiger partial charge in [0.05, 0.1) is 6.10 Å². The predicted octanol–water partition coefficient (Wildman–Crippen LogP) is 1.15. The second-order valence-electron chi connectivity index (χ2n) is 4.95. The van der Waals surface area contributed by atoms with Crippen molar-refractivity contribution in [3.63, 3.8) is 0 Å². The van der Waals surface area contributed by atoms with E-state index in [2.05, 4.69) is 5.32 Å². The van der Waals surface area contributed by atoms with E-state index in [1.807, 2.05) is 30.3 Å². The standard InChI is InChI=1S/C14H20N2O3/c15-12-8-11(6-7-13(12)17)16-14(18)19-9-10-4-2-1-3-5-10/h1-5,11-13,17H,6-9,15H2,(H,16,18)/t11-,12+,13+/m1/s1. The molecule has 0 bridgehead atoms. The smallest absolute Gasteiger partial charge is 0.407 e. The number of hydrogen-bond acceptors (Lipinski definition) is 4. The minimum absolute atomic E-state index is 0.0123. The fraction of sp³-hybridized carbons (Fsp3) is 0.500. The normalized spacial score (nSPS) is 26.7. The van der Waals surface area contributed by atoms with Crippen LogP contribution in [0.2, 0.25) is 0 Å². The van der Waals surface area contributed by atoms with Gasteiger partial charge in [-0.05, 0) is 24.8 Å². The van der Waals surface area contributed by atoms with E-state index in [1.54, 1.807) is 0 Å². The molecule has 3 atom stereocenters. The molecule has 0 aliphatic heterocycles. The number of benzene rings is 1. The lowest BCUT2D eigenvalue weighted by Gasteiger charge is -2.30. The number of amides is 1. The van der Waals surface area contributed by atoms with Crippen LogP contribution in [-0.4, -0.2) is 29.4 Å². The lowest BCUT2D eigenvalue weighted by Crippen LogP contribution is -2.48. The Balaban J connectivity index is 1.73. The lowest BCUT2D eigenvalue weighted by atomic mass is 9.89. The first-order chi connectivity index (χ1) is 9.15. The molecule has 1 amide bonds. The Kier molecular flexibility index (Phi) is 4.76. The maximum atomic E-state index is 11.6. The van der Waals surface area contributed by atoms with Gasteiger partial charge in [0.2, 0.25) is 0 Å². The number of rotatable bonds is 3. The van der Waals surface area contributed by atoms with Crippen LogP contribution in [0, 0.1) is 0 Å². The fourth-order valence-corrected chi connectivity index (χ4v) is 2.25. The van der Waals surface area contributed by atoms with Crippen LogP contribution in [0.4, 0.5) is 4.79 Å². The number of aliphatic hydroxyl groups excluding tert-OH is 1. The van der Waals surface area contributed by atoms with Crippen LogP contribution in [0.15, 0.2) is 30.3 Å². The van der Waals surface area contributed by atoms with Gasteiger partial charge in [-0.1, -0.05) is 30.3 Å². The van der Waals surface area contributed by atoms with Crippen molar-refractivity contribution in [3.8, 4) is 0 Å². The third kappa shape index (κ3) is 4.22. The van der Waals surface area contributed by atoms with Crippen molar-refractivity contribution in [2.24, 2.45) is 5.73 Å². The molecular formula is C14H20N2O3. The number of carbonyl (C=O) groups is 1. The maximum absolute atomic E-state index is 11.6. The highest BCUT2D eigenvalue weighted by Gasteiger charge is 2.27. The summed E-state index contributed by atoms with van der Waals surface area (Å²) in [6, 6.07) is 9.24. The van der Waals surface area contributed by atoms with E-state index >= 15 is 0 Å². The minimum atomic E-state index is -0.460. The van der Waals surface area contributed by atoms with Crippen molar-refractivity contribution in [3.05, 3.63) is 35.9 Å². The molecular weight excluding hydrogens is 244 g/mol. The van der Waals surface area contributed by atoms with Gasteiger partial charge in [0.25, 0.3) is 0 Å². The molecule has 0 heterocycles. The van der Waals surface area contributed by atoms with Crippen LogP contribution in [0.1, 0.15) is 24.8 Å². The number of nitrogens with two attached hydrogens (primary N) is 1. The maximum Gasteiger partial charge on any atom is 0.407 e. The summed E-state index contributed by atoms with van der Waals surface area (Å²) in [7, 11) is 0. The zero-order valence-corrected chi connectivity index (χ0v) is 10.8. The van der Waals surface area contributed by atoms with Crippen molar-refractivity contribution in [1.29, 1.82) is 0 Å². The Hall–Kier alpha value is -1.59. The van der Waals surface area contributed by atoms with E-state index in [4.69, 9.17) is 10.5 Å². The van der Waals surface area contributed by atoms with E-state index in [9.17, 15) is 9.90 Å². The second-order valence-corrected chi connectivity index (χ2v) is 4.95. The molecule has 2 rings (SSSR count). The number of hydrogen-bond donors (Lipinski definition) is 3. The Labute approximate surface area is 112 Å². The fourth-order valence-electron chi connectivity index (χ4n) is 2.25. The van der Waals surface area contributed by atoms with Crippen molar-refractivity contribution < 1.29 is 14.6 Å². The van der Waals surface area contributed by atoms with Gasteiger partial charge in [0.15, 0.2) is 0 Å². The van der Waals surface area contributed by atoms with E-state index in [0.717, 1.165) is 12.0 Å². The van der Waals surface area contributed by atoms with E-state index in [-0.39, 0.29) is 18.7 Å². The summed E-state index contributed by atoms with van der Waals surface area (Å²) >= 11 is 0. The summed E-state index contributed by atoms with van der Waals surface area (Å²) in [5.74, 6) is 0. The minimum Gasteiger partial charge on any atom is -0.445 e. The first-order valence-corrected chi connectivity index (χ1v) is 6.56. The average Bonchev–Trinajstić information content (AvgIpc) is 2.42. The highest BCUT2D eigenvalue weighted by Crippen LogP contribution is 2.17. The molecule has 0 aromatic heterocycles. The molecule has 0 spiro atoms. The van der Waals surface area contributed by atoms with Gasteiger partial charge in [-0.15, -0.1) is 0 Å². The molecule has 1 aliphatic carbocycles.